The van der Waals surface area contributed by atoms with Gasteiger partial charge in [-0.2, -0.15) is 0 Å². The molecule has 0 radical (unpaired) electrons. The minimum Gasteiger partial charge on any atom is -0.372 e. The maximum Gasteiger partial charge on any atom is 0.255 e. The van der Waals surface area contributed by atoms with Crippen LogP contribution < -0.4 is 10.6 Å². The van der Waals surface area contributed by atoms with E-state index in [-0.39, 0.29) is 11.9 Å². The van der Waals surface area contributed by atoms with Crippen LogP contribution >= 0.6 is 15.9 Å². The van der Waals surface area contributed by atoms with Crippen molar-refractivity contribution < 1.29 is 4.79 Å². The highest BCUT2D eigenvalue weighted by Crippen LogP contribution is 2.35. The van der Waals surface area contributed by atoms with Gasteiger partial charge in [0.05, 0.1) is 5.56 Å². The van der Waals surface area contributed by atoms with Gasteiger partial charge in [0, 0.05) is 23.8 Å². The van der Waals surface area contributed by atoms with Gasteiger partial charge < -0.3 is 10.6 Å². The third-order valence-electron chi connectivity index (χ3n) is 4.01. The molecule has 1 saturated carbocycles. The third kappa shape index (κ3) is 3.72. The first-order chi connectivity index (χ1) is 9.41. The molecule has 0 saturated heterocycles. The summed E-state index contributed by atoms with van der Waals surface area (Å²) in [4.78, 5) is 16.6. The summed E-state index contributed by atoms with van der Waals surface area (Å²) < 4.78 is 0.812. The fourth-order valence-electron chi connectivity index (χ4n) is 2.62. The van der Waals surface area contributed by atoms with Gasteiger partial charge >= 0.3 is 0 Å². The Morgan fingerprint density at radius 2 is 2.05 bits per heavy atom. The molecule has 2 N–H and O–H groups in total. The molecule has 0 atom stereocenters. The van der Waals surface area contributed by atoms with Crippen molar-refractivity contribution in [3.63, 3.8) is 0 Å². The molecule has 1 amide bonds. The number of aromatic nitrogens is 1. The molecular formula is C15H22BrN3O. The number of nitrogens with one attached hydrogen (secondary N) is 2. The van der Waals surface area contributed by atoms with Crippen molar-refractivity contribution in [3.8, 4) is 0 Å². The Morgan fingerprint density at radius 3 is 2.65 bits per heavy atom. The van der Waals surface area contributed by atoms with Crippen LogP contribution in [-0.4, -0.2) is 24.0 Å². The van der Waals surface area contributed by atoms with Crippen LogP contribution in [0, 0.1) is 5.41 Å². The van der Waals surface area contributed by atoms with E-state index in [0.29, 0.717) is 16.8 Å². The summed E-state index contributed by atoms with van der Waals surface area (Å²) in [7, 11) is 1.77. The second kappa shape index (κ2) is 6.12. The van der Waals surface area contributed by atoms with Gasteiger partial charge in [0.15, 0.2) is 0 Å². The molecule has 1 aromatic rings. The number of rotatable bonds is 3. The average molecular weight is 340 g/mol. The number of carbonyl (C=O) groups is 1. The van der Waals surface area contributed by atoms with Crippen LogP contribution in [0.25, 0.3) is 0 Å². The summed E-state index contributed by atoms with van der Waals surface area (Å²) in [6.45, 7) is 4.59. The molecule has 1 heterocycles. The average Bonchev–Trinajstić information content (AvgIpc) is 2.41. The maximum atomic E-state index is 12.4. The Balaban J connectivity index is 2.04. The van der Waals surface area contributed by atoms with E-state index in [9.17, 15) is 4.79 Å². The van der Waals surface area contributed by atoms with E-state index in [1.807, 2.05) is 0 Å². The monoisotopic (exact) mass is 339 g/mol. The van der Waals surface area contributed by atoms with Gasteiger partial charge in [-0.25, -0.2) is 4.98 Å². The van der Waals surface area contributed by atoms with Gasteiger partial charge in [0.1, 0.15) is 5.82 Å². The lowest BCUT2D eigenvalue weighted by Crippen LogP contribution is -2.39. The normalized spacial score (nSPS) is 18.6. The van der Waals surface area contributed by atoms with Crippen molar-refractivity contribution in [1.29, 1.82) is 0 Å². The number of halogens is 1. The topological polar surface area (TPSA) is 54.0 Å². The molecule has 4 nitrogen and oxygen atoms in total. The van der Waals surface area contributed by atoms with Crippen LogP contribution in [0.3, 0.4) is 0 Å². The Hall–Kier alpha value is -1.10. The largest absolute Gasteiger partial charge is 0.372 e. The van der Waals surface area contributed by atoms with Crippen LogP contribution in [-0.2, 0) is 0 Å². The van der Waals surface area contributed by atoms with Crippen LogP contribution in [0.15, 0.2) is 16.7 Å². The lowest BCUT2D eigenvalue weighted by molar-refractivity contribution is 0.0909. The van der Waals surface area contributed by atoms with Gasteiger partial charge in [-0.15, -0.1) is 0 Å². The van der Waals surface area contributed by atoms with Gasteiger partial charge in [-0.3, -0.25) is 4.79 Å². The first kappa shape index (κ1) is 15.3. The van der Waals surface area contributed by atoms with Crippen LogP contribution in [0.1, 0.15) is 49.9 Å². The third-order valence-corrected chi connectivity index (χ3v) is 4.44. The van der Waals surface area contributed by atoms with E-state index in [1.165, 1.54) is 0 Å². The molecule has 20 heavy (non-hydrogen) atoms. The summed E-state index contributed by atoms with van der Waals surface area (Å²) >= 11 is 3.36. The summed E-state index contributed by atoms with van der Waals surface area (Å²) in [5, 5.41) is 6.10. The number of anilines is 1. The first-order valence-electron chi connectivity index (χ1n) is 7.05. The van der Waals surface area contributed by atoms with Crippen LogP contribution in [0.4, 0.5) is 5.82 Å². The molecule has 0 bridgehead atoms. The van der Waals surface area contributed by atoms with E-state index in [0.717, 1.165) is 30.2 Å². The maximum absolute atomic E-state index is 12.4. The number of amides is 1. The minimum atomic E-state index is -0.0483. The number of hydrogen-bond acceptors (Lipinski definition) is 3. The molecule has 1 aliphatic carbocycles. The van der Waals surface area contributed by atoms with Crippen molar-refractivity contribution in [2.45, 2.75) is 45.6 Å². The summed E-state index contributed by atoms with van der Waals surface area (Å²) in [5.41, 5.74) is 1.00. The second-order valence-electron chi connectivity index (χ2n) is 6.21. The van der Waals surface area contributed by atoms with Gasteiger partial charge in [0.25, 0.3) is 5.91 Å². The molecule has 110 valence electrons. The lowest BCUT2D eigenvalue weighted by atomic mass is 9.75. The summed E-state index contributed by atoms with van der Waals surface area (Å²) in [5.74, 6) is 0.565. The minimum absolute atomic E-state index is 0.0483. The van der Waals surface area contributed by atoms with Crippen LogP contribution in [0.2, 0.25) is 0 Å². The molecule has 0 unspecified atom stereocenters. The molecule has 0 aromatic carbocycles. The van der Waals surface area contributed by atoms with Crippen molar-refractivity contribution >= 4 is 27.7 Å². The Labute approximate surface area is 128 Å². The zero-order valence-electron chi connectivity index (χ0n) is 12.3. The summed E-state index contributed by atoms with van der Waals surface area (Å²) in [6.07, 6.45) is 6.11. The number of pyridine rings is 1. The highest BCUT2D eigenvalue weighted by atomic mass is 79.9. The van der Waals surface area contributed by atoms with E-state index >= 15 is 0 Å². The molecular weight excluding hydrogens is 318 g/mol. The SMILES string of the molecule is CNc1ncc(Br)cc1C(=O)NC1CCC(C)(C)CC1. The number of nitrogens with zero attached hydrogens (tertiary/aromatic N) is 1. The fraction of sp³-hybridized carbons (Fsp3) is 0.600. The van der Waals surface area contributed by atoms with Crippen LogP contribution in [0.5, 0.6) is 0 Å². The van der Waals surface area contributed by atoms with Crippen molar-refractivity contribution in [2.24, 2.45) is 5.41 Å². The predicted molar refractivity (Wildman–Crippen MR) is 85.0 cm³/mol. The molecule has 1 aromatic heterocycles. The second-order valence-corrected chi connectivity index (χ2v) is 7.13. The Kier molecular flexibility index (Phi) is 4.68. The Morgan fingerprint density at radius 1 is 1.40 bits per heavy atom. The highest BCUT2D eigenvalue weighted by molar-refractivity contribution is 9.10. The van der Waals surface area contributed by atoms with Crippen molar-refractivity contribution in [1.82, 2.24) is 10.3 Å². The zero-order chi connectivity index (χ0) is 14.8. The molecule has 2 rings (SSSR count). The summed E-state index contributed by atoms with van der Waals surface area (Å²) in [6, 6.07) is 2.08. The van der Waals surface area contributed by atoms with E-state index in [2.05, 4.69) is 45.4 Å². The molecule has 1 fully saturated rings. The first-order valence-corrected chi connectivity index (χ1v) is 7.85. The zero-order valence-corrected chi connectivity index (χ0v) is 13.9. The van der Waals surface area contributed by atoms with Crippen molar-refractivity contribution in [2.75, 3.05) is 12.4 Å². The van der Waals surface area contributed by atoms with E-state index in [1.54, 1.807) is 19.3 Å². The van der Waals surface area contributed by atoms with Gasteiger partial charge in [-0.05, 0) is 53.1 Å². The highest BCUT2D eigenvalue weighted by Gasteiger charge is 2.28. The number of carbonyl (C=O) groups excluding carboxylic acids is 1. The smallest absolute Gasteiger partial charge is 0.255 e. The fourth-order valence-corrected chi connectivity index (χ4v) is 2.95. The molecule has 0 spiro atoms. The molecule has 0 aliphatic heterocycles. The van der Waals surface area contributed by atoms with E-state index < -0.39 is 0 Å². The standard InChI is InChI=1S/C15H22BrN3O/c1-15(2)6-4-11(5-7-15)19-14(20)12-8-10(16)9-18-13(12)17-3/h8-9,11H,4-7H2,1-3H3,(H,17,18)(H,19,20). The predicted octanol–water partition coefficient (Wildman–Crippen LogP) is 3.58. The van der Waals surface area contributed by atoms with Crippen molar-refractivity contribution in [3.05, 3.63) is 22.3 Å². The van der Waals surface area contributed by atoms with Gasteiger partial charge in [0.2, 0.25) is 0 Å². The lowest BCUT2D eigenvalue weighted by Gasteiger charge is -2.34. The molecule has 5 heteroatoms. The van der Waals surface area contributed by atoms with E-state index in [4.69, 9.17) is 0 Å². The Bertz CT molecular complexity index is 492. The quantitative estimate of drug-likeness (QED) is 0.884. The molecule has 1 aliphatic rings. The number of hydrogen-bond donors (Lipinski definition) is 2. The van der Waals surface area contributed by atoms with Gasteiger partial charge in [-0.1, -0.05) is 13.8 Å².